The fraction of sp³-hybridized carbons (Fsp3) is 0.429. The standard InChI is InChI=1S/C28H35N5O5/c1-5-20(2)18-33(28(35)24-7-6-16-38-24)19-27(34)32-14-12-31(13-15-32)26-11-10-23(29-30-26)22-9-8-21(36-3)17-25(22)37-4/h6-11,16-17,20H,5,12-15,18-19H2,1-4H3. The van der Waals surface area contributed by atoms with E-state index in [1.807, 2.05) is 30.3 Å². The van der Waals surface area contributed by atoms with Gasteiger partial charge < -0.3 is 28.6 Å². The maximum atomic E-state index is 13.1. The number of anilines is 1. The van der Waals surface area contributed by atoms with Crippen LogP contribution in [0.1, 0.15) is 30.8 Å². The lowest BCUT2D eigenvalue weighted by Crippen LogP contribution is -2.52. The van der Waals surface area contributed by atoms with Crippen LogP contribution in [0.2, 0.25) is 0 Å². The average Bonchev–Trinajstić information content (AvgIpc) is 3.51. The van der Waals surface area contributed by atoms with Gasteiger partial charge in [0.2, 0.25) is 5.91 Å². The smallest absolute Gasteiger partial charge is 0.290 e. The molecule has 4 rings (SSSR count). The molecule has 3 heterocycles. The van der Waals surface area contributed by atoms with E-state index in [0.717, 1.165) is 17.8 Å². The molecule has 0 aliphatic carbocycles. The number of nitrogens with zero attached hydrogens (tertiary/aromatic N) is 5. The van der Waals surface area contributed by atoms with E-state index in [4.69, 9.17) is 13.9 Å². The SMILES string of the molecule is CCC(C)CN(CC(=O)N1CCN(c2ccc(-c3ccc(OC)cc3OC)nn2)CC1)C(=O)c1ccco1. The zero-order valence-corrected chi connectivity index (χ0v) is 22.4. The summed E-state index contributed by atoms with van der Waals surface area (Å²) in [5.41, 5.74) is 1.53. The maximum absolute atomic E-state index is 13.1. The van der Waals surface area contributed by atoms with Crippen molar-refractivity contribution in [2.45, 2.75) is 20.3 Å². The number of amides is 2. The third kappa shape index (κ3) is 6.24. The van der Waals surface area contributed by atoms with E-state index in [-0.39, 0.29) is 30.0 Å². The van der Waals surface area contributed by atoms with Crippen LogP contribution in [0.25, 0.3) is 11.3 Å². The van der Waals surface area contributed by atoms with Crippen LogP contribution in [-0.2, 0) is 4.79 Å². The minimum Gasteiger partial charge on any atom is -0.497 e. The van der Waals surface area contributed by atoms with E-state index in [1.165, 1.54) is 6.26 Å². The van der Waals surface area contributed by atoms with Gasteiger partial charge in [0.25, 0.3) is 5.91 Å². The van der Waals surface area contributed by atoms with Crippen LogP contribution in [0.3, 0.4) is 0 Å². The Hall–Kier alpha value is -4.08. The van der Waals surface area contributed by atoms with E-state index in [2.05, 4.69) is 28.9 Å². The van der Waals surface area contributed by atoms with Crippen LogP contribution in [-0.4, -0.2) is 85.3 Å². The third-order valence-electron chi connectivity index (χ3n) is 6.87. The summed E-state index contributed by atoms with van der Waals surface area (Å²) in [6.45, 7) is 7.02. The van der Waals surface area contributed by atoms with Gasteiger partial charge in [-0.25, -0.2) is 0 Å². The van der Waals surface area contributed by atoms with Crippen molar-refractivity contribution < 1.29 is 23.5 Å². The lowest BCUT2D eigenvalue weighted by atomic mass is 10.1. The Kier molecular flexibility index (Phi) is 8.83. The van der Waals surface area contributed by atoms with Crippen LogP contribution in [0.15, 0.2) is 53.1 Å². The van der Waals surface area contributed by atoms with Gasteiger partial charge >= 0.3 is 0 Å². The fourth-order valence-corrected chi connectivity index (χ4v) is 4.38. The van der Waals surface area contributed by atoms with Gasteiger partial charge in [0.15, 0.2) is 11.6 Å². The molecule has 38 heavy (non-hydrogen) atoms. The highest BCUT2D eigenvalue weighted by Crippen LogP contribution is 2.32. The Balaban J connectivity index is 1.36. The van der Waals surface area contributed by atoms with Crippen molar-refractivity contribution in [3.8, 4) is 22.8 Å². The molecule has 10 heteroatoms. The minimum atomic E-state index is -0.258. The van der Waals surface area contributed by atoms with Crippen molar-refractivity contribution in [2.75, 3.05) is 58.4 Å². The predicted molar refractivity (Wildman–Crippen MR) is 143 cm³/mol. The Labute approximate surface area is 223 Å². The summed E-state index contributed by atoms with van der Waals surface area (Å²) in [6.07, 6.45) is 2.39. The Bertz CT molecular complexity index is 1210. The van der Waals surface area contributed by atoms with Gasteiger partial charge in [0.1, 0.15) is 18.0 Å². The quantitative estimate of drug-likeness (QED) is 0.399. The molecule has 1 aromatic carbocycles. The largest absolute Gasteiger partial charge is 0.497 e. The Morgan fingerprint density at radius 2 is 1.84 bits per heavy atom. The number of methoxy groups -OCH3 is 2. The monoisotopic (exact) mass is 521 g/mol. The second-order valence-electron chi connectivity index (χ2n) is 9.39. The van der Waals surface area contributed by atoms with E-state index in [0.29, 0.717) is 49.9 Å². The molecule has 0 N–H and O–H groups in total. The molecule has 2 aromatic heterocycles. The van der Waals surface area contributed by atoms with Gasteiger partial charge in [-0.05, 0) is 42.3 Å². The molecule has 1 aliphatic rings. The number of hydrogen-bond acceptors (Lipinski definition) is 8. The molecule has 202 valence electrons. The van der Waals surface area contributed by atoms with Crippen molar-refractivity contribution in [3.05, 3.63) is 54.5 Å². The summed E-state index contributed by atoms with van der Waals surface area (Å²) >= 11 is 0. The first kappa shape index (κ1) is 27.0. The number of benzene rings is 1. The molecule has 10 nitrogen and oxygen atoms in total. The zero-order chi connectivity index (χ0) is 27.1. The highest BCUT2D eigenvalue weighted by molar-refractivity contribution is 5.94. The summed E-state index contributed by atoms with van der Waals surface area (Å²) < 4.78 is 16.1. The molecule has 0 radical (unpaired) electrons. The Morgan fingerprint density at radius 3 is 2.45 bits per heavy atom. The molecule has 1 aliphatic heterocycles. The normalized spacial score (nSPS) is 14.2. The first-order valence-electron chi connectivity index (χ1n) is 12.8. The van der Waals surface area contributed by atoms with Crippen LogP contribution in [0.4, 0.5) is 5.82 Å². The molecule has 1 fully saturated rings. The maximum Gasteiger partial charge on any atom is 0.290 e. The van der Waals surface area contributed by atoms with Gasteiger partial charge in [-0.3, -0.25) is 9.59 Å². The lowest BCUT2D eigenvalue weighted by Gasteiger charge is -2.36. The second-order valence-corrected chi connectivity index (χ2v) is 9.39. The molecule has 3 aromatic rings. The van der Waals surface area contributed by atoms with Crippen LogP contribution < -0.4 is 14.4 Å². The van der Waals surface area contributed by atoms with Crippen LogP contribution >= 0.6 is 0 Å². The van der Waals surface area contributed by atoms with Crippen molar-refractivity contribution in [1.29, 1.82) is 0 Å². The van der Waals surface area contributed by atoms with Crippen LogP contribution in [0.5, 0.6) is 11.5 Å². The van der Waals surface area contributed by atoms with Crippen molar-refractivity contribution >= 4 is 17.6 Å². The molecule has 0 saturated carbocycles. The predicted octanol–water partition coefficient (Wildman–Crippen LogP) is 3.59. The average molecular weight is 522 g/mol. The lowest BCUT2D eigenvalue weighted by molar-refractivity contribution is -0.132. The number of piperazine rings is 1. The van der Waals surface area contributed by atoms with E-state index >= 15 is 0 Å². The van der Waals surface area contributed by atoms with Crippen molar-refractivity contribution in [3.63, 3.8) is 0 Å². The number of furan rings is 1. The summed E-state index contributed by atoms with van der Waals surface area (Å²) in [7, 11) is 3.22. The summed E-state index contributed by atoms with van der Waals surface area (Å²) in [5.74, 6) is 2.31. The third-order valence-corrected chi connectivity index (χ3v) is 6.87. The molecule has 1 saturated heterocycles. The van der Waals surface area contributed by atoms with E-state index in [1.54, 1.807) is 36.2 Å². The number of carbonyl (C=O) groups excluding carboxylic acids is 2. The van der Waals surface area contributed by atoms with E-state index in [9.17, 15) is 9.59 Å². The fourth-order valence-electron chi connectivity index (χ4n) is 4.38. The van der Waals surface area contributed by atoms with Gasteiger partial charge in [0, 0.05) is 44.4 Å². The first-order chi connectivity index (χ1) is 18.4. The number of carbonyl (C=O) groups is 2. The summed E-state index contributed by atoms with van der Waals surface area (Å²) in [5, 5.41) is 8.85. The van der Waals surface area contributed by atoms with E-state index < -0.39 is 0 Å². The van der Waals surface area contributed by atoms with Gasteiger partial charge in [0.05, 0.1) is 26.2 Å². The van der Waals surface area contributed by atoms with Crippen molar-refractivity contribution in [2.24, 2.45) is 5.92 Å². The van der Waals surface area contributed by atoms with Crippen molar-refractivity contribution in [1.82, 2.24) is 20.0 Å². The number of hydrogen-bond donors (Lipinski definition) is 0. The summed E-state index contributed by atoms with van der Waals surface area (Å²) in [6, 6.07) is 12.7. The molecule has 0 bridgehead atoms. The van der Waals surface area contributed by atoms with Crippen LogP contribution in [0, 0.1) is 5.92 Å². The first-order valence-corrected chi connectivity index (χ1v) is 12.8. The highest BCUT2D eigenvalue weighted by atomic mass is 16.5. The molecule has 1 unspecified atom stereocenters. The van der Waals surface area contributed by atoms with Gasteiger partial charge in [-0.15, -0.1) is 10.2 Å². The summed E-state index contributed by atoms with van der Waals surface area (Å²) in [4.78, 5) is 31.6. The minimum absolute atomic E-state index is 0.0298. The second kappa shape index (κ2) is 12.4. The topological polar surface area (TPSA) is 101 Å². The molecule has 0 spiro atoms. The highest BCUT2D eigenvalue weighted by Gasteiger charge is 2.27. The number of aromatic nitrogens is 2. The molecule has 1 atom stereocenters. The molecular formula is C28H35N5O5. The van der Waals surface area contributed by atoms with Gasteiger partial charge in [-0.2, -0.15) is 0 Å². The number of ether oxygens (including phenoxy) is 2. The zero-order valence-electron chi connectivity index (χ0n) is 22.4. The molecular weight excluding hydrogens is 486 g/mol. The Morgan fingerprint density at radius 1 is 1.05 bits per heavy atom. The van der Waals surface area contributed by atoms with Gasteiger partial charge in [-0.1, -0.05) is 20.3 Å². The number of rotatable bonds is 10. The molecule has 2 amide bonds.